The molecule has 1 aliphatic rings. The fourth-order valence-corrected chi connectivity index (χ4v) is 1.57. The number of carbonyl (C=O) groups excluding carboxylic acids is 1. The number of rotatable bonds is 4. The Morgan fingerprint density at radius 1 is 1.47 bits per heavy atom. The van der Waals surface area contributed by atoms with E-state index in [0.717, 1.165) is 25.9 Å². The average Bonchev–Trinajstić information content (AvgIpc) is 2.64. The number of carbonyl (C=O) groups is 1. The van der Waals surface area contributed by atoms with Crippen molar-refractivity contribution in [3.8, 4) is 0 Å². The first-order valence-corrected chi connectivity index (χ1v) is 5.65. The molecule has 2 N–H and O–H groups in total. The number of amides is 1. The quantitative estimate of drug-likeness (QED) is 0.710. The Morgan fingerprint density at radius 2 is 2.00 bits per heavy atom. The maximum absolute atomic E-state index is 11.7. The van der Waals surface area contributed by atoms with Gasteiger partial charge >= 0.3 is 0 Å². The Labute approximate surface area is 91.6 Å². The van der Waals surface area contributed by atoms with Crippen LogP contribution in [-0.2, 0) is 4.79 Å². The summed E-state index contributed by atoms with van der Waals surface area (Å²) in [6.45, 7) is 7.47. The summed E-state index contributed by atoms with van der Waals surface area (Å²) in [5, 5.41) is 12.7. The molecule has 0 radical (unpaired) electrons. The standard InChI is InChI=1S/C11H22N2O2/c1-9(11(2,3)15)12-8-10(14)13-6-4-5-7-13/h9,12,15H,4-8H2,1-3H3. The van der Waals surface area contributed by atoms with Gasteiger partial charge in [-0.15, -0.1) is 0 Å². The number of hydrogen-bond acceptors (Lipinski definition) is 3. The lowest BCUT2D eigenvalue weighted by Gasteiger charge is -2.27. The maximum Gasteiger partial charge on any atom is 0.236 e. The monoisotopic (exact) mass is 214 g/mol. The molecule has 1 heterocycles. The topological polar surface area (TPSA) is 52.6 Å². The minimum atomic E-state index is -0.786. The van der Waals surface area contributed by atoms with E-state index < -0.39 is 5.60 Å². The van der Waals surface area contributed by atoms with Crippen molar-refractivity contribution in [1.29, 1.82) is 0 Å². The Kier molecular flexibility index (Phi) is 4.11. The molecule has 4 nitrogen and oxygen atoms in total. The number of nitrogens with one attached hydrogen (secondary N) is 1. The zero-order valence-electron chi connectivity index (χ0n) is 9.92. The zero-order valence-corrected chi connectivity index (χ0v) is 9.92. The third-order valence-corrected chi connectivity index (χ3v) is 3.08. The molecule has 1 atom stereocenters. The number of likely N-dealkylation sites (tertiary alicyclic amines) is 1. The van der Waals surface area contributed by atoms with Crippen LogP contribution < -0.4 is 5.32 Å². The predicted octanol–water partition coefficient (Wildman–Crippen LogP) is 0.358. The summed E-state index contributed by atoms with van der Waals surface area (Å²) in [4.78, 5) is 13.5. The van der Waals surface area contributed by atoms with Crippen LogP contribution in [0.3, 0.4) is 0 Å². The minimum Gasteiger partial charge on any atom is -0.389 e. The smallest absolute Gasteiger partial charge is 0.236 e. The van der Waals surface area contributed by atoms with E-state index in [1.165, 1.54) is 0 Å². The molecule has 0 aromatic rings. The van der Waals surface area contributed by atoms with E-state index in [1.807, 2.05) is 11.8 Å². The summed E-state index contributed by atoms with van der Waals surface area (Å²) in [7, 11) is 0. The van der Waals surface area contributed by atoms with E-state index in [9.17, 15) is 9.90 Å². The van der Waals surface area contributed by atoms with Crippen LogP contribution in [0.4, 0.5) is 0 Å². The summed E-state index contributed by atoms with van der Waals surface area (Å²) >= 11 is 0. The van der Waals surface area contributed by atoms with Gasteiger partial charge in [-0.05, 0) is 33.6 Å². The van der Waals surface area contributed by atoms with Gasteiger partial charge in [0.05, 0.1) is 12.1 Å². The molecule has 1 amide bonds. The number of aliphatic hydroxyl groups is 1. The van der Waals surface area contributed by atoms with E-state index in [0.29, 0.717) is 6.54 Å². The van der Waals surface area contributed by atoms with E-state index in [2.05, 4.69) is 5.32 Å². The van der Waals surface area contributed by atoms with Crippen molar-refractivity contribution in [2.24, 2.45) is 0 Å². The Bertz CT molecular complexity index is 217. The van der Waals surface area contributed by atoms with Crippen LogP contribution >= 0.6 is 0 Å². The second-order valence-electron chi connectivity index (χ2n) is 4.84. The fourth-order valence-electron chi connectivity index (χ4n) is 1.57. The molecule has 1 aliphatic heterocycles. The largest absolute Gasteiger partial charge is 0.389 e. The molecule has 0 aromatic heterocycles. The third-order valence-electron chi connectivity index (χ3n) is 3.08. The summed E-state index contributed by atoms with van der Waals surface area (Å²) < 4.78 is 0. The van der Waals surface area contributed by atoms with Crippen molar-refractivity contribution < 1.29 is 9.90 Å². The molecular weight excluding hydrogens is 192 g/mol. The lowest BCUT2D eigenvalue weighted by molar-refractivity contribution is -0.129. The molecule has 88 valence electrons. The molecule has 1 unspecified atom stereocenters. The normalized spacial score (nSPS) is 19.3. The lowest BCUT2D eigenvalue weighted by Crippen LogP contribution is -2.48. The maximum atomic E-state index is 11.7. The molecule has 1 saturated heterocycles. The zero-order chi connectivity index (χ0) is 11.5. The van der Waals surface area contributed by atoms with Crippen LogP contribution in [0.5, 0.6) is 0 Å². The summed E-state index contributed by atoms with van der Waals surface area (Å²) in [5.74, 6) is 0.142. The van der Waals surface area contributed by atoms with Crippen LogP contribution in [0.2, 0.25) is 0 Å². The molecule has 1 fully saturated rings. The van der Waals surface area contributed by atoms with Crippen molar-refractivity contribution in [3.05, 3.63) is 0 Å². The first-order chi connectivity index (χ1) is 6.91. The third kappa shape index (κ3) is 3.80. The SMILES string of the molecule is CC(NCC(=O)N1CCCC1)C(C)(C)O. The first-order valence-electron chi connectivity index (χ1n) is 5.65. The second-order valence-corrected chi connectivity index (χ2v) is 4.84. The molecule has 0 bridgehead atoms. The van der Waals surface area contributed by atoms with Crippen molar-refractivity contribution in [1.82, 2.24) is 10.2 Å². The summed E-state index contributed by atoms with van der Waals surface area (Å²) in [5.41, 5.74) is -0.786. The highest BCUT2D eigenvalue weighted by Gasteiger charge is 2.24. The highest BCUT2D eigenvalue weighted by Crippen LogP contribution is 2.09. The molecule has 1 rings (SSSR count). The van der Waals surface area contributed by atoms with E-state index in [4.69, 9.17) is 0 Å². The molecule has 0 saturated carbocycles. The van der Waals surface area contributed by atoms with Gasteiger partial charge in [-0.25, -0.2) is 0 Å². The van der Waals surface area contributed by atoms with Gasteiger partial charge in [-0.1, -0.05) is 0 Å². The molecule has 0 spiro atoms. The number of hydrogen-bond donors (Lipinski definition) is 2. The van der Waals surface area contributed by atoms with Crippen LogP contribution in [-0.4, -0.2) is 47.2 Å². The van der Waals surface area contributed by atoms with Crippen molar-refractivity contribution in [3.63, 3.8) is 0 Å². The first kappa shape index (κ1) is 12.5. The van der Waals surface area contributed by atoms with E-state index in [1.54, 1.807) is 13.8 Å². The van der Waals surface area contributed by atoms with Gasteiger partial charge in [0.25, 0.3) is 0 Å². The molecular formula is C11H22N2O2. The lowest BCUT2D eigenvalue weighted by atomic mass is 10.0. The van der Waals surface area contributed by atoms with Gasteiger partial charge in [-0.3, -0.25) is 4.79 Å². The highest BCUT2D eigenvalue weighted by atomic mass is 16.3. The van der Waals surface area contributed by atoms with Gasteiger partial charge in [0, 0.05) is 19.1 Å². The van der Waals surface area contributed by atoms with E-state index in [-0.39, 0.29) is 11.9 Å². The number of nitrogens with zero attached hydrogens (tertiary/aromatic N) is 1. The van der Waals surface area contributed by atoms with Gasteiger partial charge in [0.15, 0.2) is 0 Å². The van der Waals surface area contributed by atoms with Crippen molar-refractivity contribution in [2.75, 3.05) is 19.6 Å². The van der Waals surface area contributed by atoms with Crippen LogP contribution in [0.1, 0.15) is 33.6 Å². The Hall–Kier alpha value is -0.610. The minimum absolute atomic E-state index is 0.0796. The molecule has 0 aliphatic carbocycles. The predicted molar refractivity (Wildman–Crippen MR) is 59.6 cm³/mol. The van der Waals surface area contributed by atoms with Gasteiger partial charge in [0.1, 0.15) is 0 Å². The summed E-state index contributed by atoms with van der Waals surface area (Å²) in [6.07, 6.45) is 2.24. The molecule has 15 heavy (non-hydrogen) atoms. The Morgan fingerprint density at radius 3 is 2.47 bits per heavy atom. The van der Waals surface area contributed by atoms with Crippen LogP contribution in [0, 0.1) is 0 Å². The van der Waals surface area contributed by atoms with Gasteiger partial charge in [-0.2, -0.15) is 0 Å². The van der Waals surface area contributed by atoms with Gasteiger partial charge in [0.2, 0.25) is 5.91 Å². The Balaban J connectivity index is 2.27. The fraction of sp³-hybridized carbons (Fsp3) is 0.909. The van der Waals surface area contributed by atoms with E-state index >= 15 is 0 Å². The van der Waals surface area contributed by atoms with Crippen LogP contribution in [0.25, 0.3) is 0 Å². The summed E-state index contributed by atoms with van der Waals surface area (Å²) in [6, 6.07) is -0.0796. The molecule has 0 aromatic carbocycles. The average molecular weight is 214 g/mol. The van der Waals surface area contributed by atoms with Crippen molar-refractivity contribution >= 4 is 5.91 Å². The van der Waals surface area contributed by atoms with Crippen LogP contribution in [0.15, 0.2) is 0 Å². The van der Waals surface area contributed by atoms with Gasteiger partial charge < -0.3 is 15.3 Å². The second kappa shape index (κ2) is 4.94. The van der Waals surface area contributed by atoms with Crippen molar-refractivity contribution in [2.45, 2.75) is 45.3 Å². The highest BCUT2D eigenvalue weighted by molar-refractivity contribution is 5.78. The molecule has 4 heteroatoms.